The molecular weight excluding hydrogens is 515 g/mol. The van der Waals surface area contributed by atoms with E-state index in [-0.39, 0.29) is 24.0 Å². The zero-order chi connectivity index (χ0) is 21.9. The van der Waals surface area contributed by atoms with Crippen molar-refractivity contribution in [3.05, 3.63) is 83.4 Å². The predicted octanol–water partition coefficient (Wildman–Crippen LogP) is 3.65. The van der Waals surface area contributed by atoms with E-state index in [1.165, 1.54) is 11.1 Å². The summed E-state index contributed by atoms with van der Waals surface area (Å²) in [4.78, 5) is 4.70. The molecule has 2 aromatic carbocycles. The van der Waals surface area contributed by atoms with Crippen LogP contribution >= 0.6 is 24.0 Å². The monoisotopic (exact) mass is 548 g/mol. The number of halogens is 1. The Labute approximate surface area is 207 Å². The molecule has 0 unspecified atom stereocenters. The highest BCUT2D eigenvalue weighted by atomic mass is 127. The van der Waals surface area contributed by atoms with Crippen molar-refractivity contribution in [3.63, 3.8) is 0 Å². The SMILES string of the molecule is COCCNC(=NCc1nnc(C)n1C)NCCC(c1ccccc1)c1ccccc1.I. The number of benzene rings is 2. The van der Waals surface area contributed by atoms with Gasteiger partial charge in [-0.1, -0.05) is 60.7 Å². The first-order chi connectivity index (χ1) is 15.2. The van der Waals surface area contributed by atoms with Crippen molar-refractivity contribution < 1.29 is 4.74 Å². The summed E-state index contributed by atoms with van der Waals surface area (Å²) in [7, 11) is 3.65. The maximum Gasteiger partial charge on any atom is 0.191 e. The maximum atomic E-state index is 5.16. The first-order valence-electron chi connectivity index (χ1n) is 10.6. The minimum Gasteiger partial charge on any atom is -0.383 e. The molecule has 3 aromatic rings. The second kappa shape index (κ2) is 13.8. The lowest BCUT2D eigenvalue weighted by Crippen LogP contribution is -2.40. The van der Waals surface area contributed by atoms with Gasteiger partial charge in [0.1, 0.15) is 12.4 Å². The van der Waals surface area contributed by atoms with Crippen molar-refractivity contribution in [2.75, 3.05) is 26.8 Å². The van der Waals surface area contributed by atoms with Gasteiger partial charge in [-0.15, -0.1) is 34.2 Å². The number of nitrogens with zero attached hydrogens (tertiary/aromatic N) is 4. The zero-order valence-electron chi connectivity index (χ0n) is 19.0. The number of guanidine groups is 1. The van der Waals surface area contributed by atoms with Gasteiger partial charge in [-0.25, -0.2) is 4.99 Å². The van der Waals surface area contributed by atoms with Gasteiger partial charge in [0.25, 0.3) is 0 Å². The molecule has 7 nitrogen and oxygen atoms in total. The van der Waals surface area contributed by atoms with Gasteiger partial charge in [0.2, 0.25) is 0 Å². The number of hydrogen-bond donors (Lipinski definition) is 2. The largest absolute Gasteiger partial charge is 0.383 e. The van der Waals surface area contributed by atoms with Crippen molar-refractivity contribution in [2.45, 2.75) is 25.8 Å². The van der Waals surface area contributed by atoms with Crippen LogP contribution in [0.2, 0.25) is 0 Å². The summed E-state index contributed by atoms with van der Waals surface area (Å²) in [5, 5.41) is 15.1. The van der Waals surface area contributed by atoms with Gasteiger partial charge in [0.05, 0.1) is 6.61 Å². The fourth-order valence-corrected chi connectivity index (χ4v) is 3.42. The Balaban J connectivity index is 0.00000363. The average Bonchev–Trinajstić information content (AvgIpc) is 3.13. The molecule has 0 saturated carbocycles. The Kier molecular flexibility index (Phi) is 11.2. The molecular formula is C24H33IN6O. The third-order valence-corrected chi connectivity index (χ3v) is 5.29. The fourth-order valence-electron chi connectivity index (χ4n) is 3.42. The molecule has 3 rings (SSSR count). The Hall–Kier alpha value is -2.46. The number of hydrogen-bond acceptors (Lipinski definition) is 4. The summed E-state index contributed by atoms with van der Waals surface area (Å²) >= 11 is 0. The molecule has 0 amide bonds. The van der Waals surface area contributed by atoms with E-state index in [2.05, 4.69) is 81.5 Å². The van der Waals surface area contributed by atoms with Crippen LogP contribution in [0.5, 0.6) is 0 Å². The van der Waals surface area contributed by atoms with E-state index in [4.69, 9.17) is 9.73 Å². The number of nitrogens with one attached hydrogen (secondary N) is 2. The standard InChI is InChI=1S/C24H32N6O.HI/c1-19-28-29-23(30(19)2)18-27-24(26-16-17-31-3)25-15-14-22(20-10-6-4-7-11-20)21-12-8-5-9-13-21;/h4-13,22H,14-18H2,1-3H3,(H2,25,26,27);1H. The Morgan fingerprint density at radius 2 is 1.56 bits per heavy atom. The Morgan fingerprint density at radius 1 is 0.969 bits per heavy atom. The van der Waals surface area contributed by atoms with Crippen LogP contribution < -0.4 is 10.6 Å². The molecule has 8 heteroatoms. The molecule has 0 bridgehead atoms. The van der Waals surface area contributed by atoms with E-state index in [1.54, 1.807) is 7.11 Å². The van der Waals surface area contributed by atoms with E-state index >= 15 is 0 Å². The second-order valence-electron chi connectivity index (χ2n) is 7.40. The van der Waals surface area contributed by atoms with Crippen molar-refractivity contribution in [1.82, 2.24) is 25.4 Å². The number of rotatable bonds is 10. The van der Waals surface area contributed by atoms with Gasteiger partial charge in [0, 0.05) is 33.2 Å². The summed E-state index contributed by atoms with van der Waals surface area (Å²) < 4.78 is 7.12. The van der Waals surface area contributed by atoms with Gasteiger partial charge in [-0.2, -0.15) is 0 Å². The average molecular weight is 548 g/mol. The molecule has 0 fully saturated rings. The van der Waals surface area contributed by atoms with E-state index in [1.807, 2.05) is 18.5 Å². The molecule has 1 aromatic heterocycles. The maximum absolute atomic E-state index is 5.16. The van der Waals surface area contributed by atoms with Gasteiger partial charge in [-0.3, -0.25) is 0 Å². The molecule has 0 aliphatic carbocycles. The van der Waals surface area contributed by atoms with Crippen LogP contribution in [-0.2, 0) is 18.3 Å². The smallest absolute Gasteiger partial charge is 0.191 e. The van der Waals surface area contributed by atoms with Crippen molar-refractivity contribution >= 4 is 29.9 Å². The van der Waals surface area contributed by atoms with Crippen LogP contribution in [0.4, 0.5) is 0 Å². The molecule has 0 radical (unpaired) electrons. The van der Waals surface area contributed by atoms with Crippen LogP contribution in [0.1, 0.15) is 35.1 Å². The third kappa shape index (κ3) is 7.59. The molecule has 0 aliphatic rings. The first-order valence-corrected chi connectivity index (χ1v) is 10.6. The Morgan fingerprint density at radius 3 is 2.09 bits per heavy atom. The van der Waals surface area contributed by atoms with Gasteiger partial charge in [-0.05, 0) is 24.5 Å². The normalized spacial score (nSPS) is 11.3. The molecule has 1 heterocycles. The lowest BCUT2D eigenvalue weighted by atomic mass is 9.88. The minimum atomic E-state index is 0. The van der Waals surface area contributed by atoms with Crippen LogP contribution in [0.15, 0.2) is 65.7 Å². The minimum absolute atomic E-state index is 0. The molecule has 172 valence electrons. The molecule has 2 N–H and O–H groups in total. The van der Waals surface area contributed by atoms with Gasteiger partial charge in [0.15, 0.2) is 11.8 Å². The molecule has 0 spiro atoms. The summed E-state index contributed by atoms with van der Waals surface area (Å²) in [6, 6.07) is 21.3. The second-order valence-corrected chi connectivity index (χ2v) is 7.40. The number of aromatic nitrogens is 3. The van der Waals surface area contributed by atoms with Crippen molar-refractivity contribution in [1.29, 1.82) is 0 Å². The van der Waals surface area contributed by atoms with Crippen LogP contribution in [0, 0.1) is 6.92 Å². The van der Waals surface area contributed by atoms with Crippen LogP contribution in [-0.4, -0.2) is 47.5 Å². The Bertz CT molecular complexity index is 906. The topological polar surface area (TPSA) is 76.4 Å². The third-order valence-electron chi connectivity index (χ3n) is 5.29. The number of methoxy groups -OCH3 is 1. The number of aliphatic imine (C=N–C) groups is 1. The van der Waals surface area contributed by atoms with E-state index in [0.717, 1.165) is 30.6 Å². The fraction of sp³-hybridized carbons (Fsp3) is 0.375. The summed E-state index contributed by atoms with van der Waals surface area (Å²) in [5.41, 5.74) is 2.63. The molecule has 32 heavy (non-hydrogen) atoms. The summed E-state index contributed by atoms with van der Waals surface area (Å²) in [6.07, 6.45) is 0.947. The lowest BCUT2D eigenvalue weighted by Gasteiger charge is -2.19. The summed E-state index contributed by atoms with van der Waals surface area (Å²) in [6.45, 7) is 4.47. The van der Waals surface area contributed by atoms with Crippen molar-refractivity contribution in [3.8, 4) is 0 Å². The van der Waals surface area contributed by atoms with E-state index in [0.29, 0.717) is 25.6 Å². The van der Waals surface area contributed by atoms with Crippen molar-refractivity contribution in [2.24, 2.45) is 12.0 Å². The van der Waals surface area contributed by atoms with Gasteiger partial charge >= 0.3 is 0 Å². The highest BCUT2D eigenvalue weighted by molar-refractivity contribution is 14.0. The molecule has 0 aliphatic heterocycles. The van der Waals surface area contributed by atoms with Crippen LogP contribution in [0.3, 0.4) is 0 Å². The van der Waals surface area contributed by atoms with Crippen LogP contribution in [0.25, 0.3) is 0 Å². The number of ether oxygens (including phenoxy) is 1. The zero-order valence-corrected chi connectivity index (χ0v) is 21.3. The lowest BCUT2D eigenvalue weighted by molar-refractivity contribution is 0.203. The molecule has 0 atom stereocenters. The highest BCUT2D eigenvalue weighted by Gasteiger charge is 2.14. The quantitative estimate of drug-likeness (QED) is 0.175. The summed E-state index contributed by atoms with van der Waals surface area (Å²) in [5.74, 6) is 2.77. The molecule has 0 saturated heterocycles. The number of aryl methyl sites for hydroxylation is 1. The van der Waals surface area contributed by atoms with E-state index < -0.39 is 0 Å². The van der Waals surface area contributed by atoms with E-state index in [9.17, 15) is 0 Å². The first kappa shape index (κ1) is 25.8. The predicted molar refractivity (Wildman–Crippen MR) is 140 cm³/mol. The van der Waals surface area contributed by atoms with Gasteiger partial charge < -0.3 is 19.9 Å². The highest BCUT2D eigenvalue weighted by Crippen LogP contribution is 2.27.